The average Bonchev–Trinajstić information content (AvgIpc) is 2.62. The Morgan fingerprint density at radius 2 is 2.28 bits per heavy atom. The largest absolute Gasteiger partial charge is 0.366 e. The van der Waals surface area contributed by atoms with Crippen molar-refractivity contribution < 1.29 is 9.18 Å². The standard InChI is InChI=1S/C12H13ClFN3O/c13-9-7-8(3-4-10(9)14)17-12(18)11-15-5-1-2-6-16-11/h3-4,7H,1-2,5-6H2,(H,15,16)(H,17,18). The van der Waals surface area contributed by atoms with Crippen LogP contribution >= 0.6 is 11.6 Å². The van der Waals surface area contributed by atoms with Crippen LogP contribution in [0.1, 0.15) is 12.8 Å². The first-order valence-corrected chi connectivity index (χ1v) is 6.09. The Balaban J connectivity index is 2.06. The number of aliphatic imine (C=N–C) groups is 1. The van der Waals surface area contributed by atoms with Crippen LogP contribution in [0.2, 0.25) is 5.02 Å². The summed E-state index contributed by atoms with van der Waals surface area (Å²) in [6, 6.07) is 4.03. The van der Waals surface area contributed by atoms with E-state index in [0.29, 0.717) is 18.1 Å². The third kappa shape index (κ3) is 3.20. The van der Waals surface area contributed by atoms with Gasteiger partial charge in [-0.25, -0.2) is 4.39 Å². The second-order valence-corrected chi connectivity index (χ2v) is 4.35. The number of nitrogens with one attached hydrogen (secondary N) is 2. The lowest BCUT2D eigenvalue weighted by atomic mass is 10.3. The van der Waals surface area contributed by atoms with E-state index >= 15 is 0 Å². The predicted molar refractivity (Wildman–Crippen MR) is 69.6 cm³/mol. The Hall–Kier alpha value is -1.62. The third-order valence-electron chi connectivity index (χ3n) is 2.54. The van der Waals surface area contributed by atoms with E-state index in [-0.39, 0.29) is 10.9 Å². The number of benzene rings is 1. The van der Waals surface area contributed by atoms with E-state index in [1.165, 1.54) is 18.2 Å². The average molecular weight is 270 g/mol. The molecule has 0 saturated carbocycles. The second-order valence-electron chi connectivity index (χ2n) is 3.95. The lowest BCUT2D eigenvalue weighted by Gasteiger charge is -2.08. The number of hydrogen-bond donors (Lipinski definition) is 2. The summed E-state index contributed by atoms with van der Waals surface area (Å²) in [6.07, 6.45) is 1.95. The van der Waals surface area contributed by atoms with E-state index in [4.69, 9.17) is 11.6 Å². The number of amides is 1. The maximum Gasteiger partial charge on any atom is 0.290 e. The van der Waals surface area contributed by atoms with E-state index in [0.717, 1.165) is 19.4 Å². The molecule has 0 fully saturated rings. The molecule has 0 aromatic heterocycles. The first-order chi connectivity index (χ1) is 8.66. The molecule has 0 saturated heterocycles. The smallest absolute Gasteiger partial charge is 0.290 e. The first kappa shape index (κ1) is 12.8. The molecule has 0 unspecified atom stereocenters. The molecule has 18 heavy (non-hydrogen) atoms. The fourth-order valence-corrected chi connectivity index (χ4v) is 1.79. The number of halogens is 2. The Labute approximate surface area is 109 Å². The highest BCUT2D eigenvalue weighted by Gasteiger charge is 2.13. The van der Waals surface area contributed by atoms with Crippen molar-refractivity contribution >= 4 is 29.0 Å². The van der Waals surface area contributed by atoms with Crippen LogP contribution in [0.15, 0.2) is 23.2 Å². The number of amidine groups is 1. The van der Waals surface area contributed by atoms with Gasteiger partial charge in [0.2, 0.25) is 0 Å². The molecule has 1 amide bonds. The minimum absolute atomic E-state index is 0.0245. The van der Waals surface area contributed by atoms with Crippen LogP contribution < -0.4 is 10.6 Å². The van der Waals surface area contributed by atoms with Gasteiger partial charge in [-0.1, -0.05) is 11.6 Å². The van der Waals surface area contributed by atoms with Crippen molar-refractivity contribution in [3.8, 4) is 0 Å². The van der Waals surface area contributed by atoms with Gasteiger partial charge in [0, 0.05) is 18.8 Å². The zero-order chi connectivity index (χ0) is 13.0. The molecule has 1 aliphatic rings. The Kier molecular flexibility index (Phi) is 4.15. The normalized spacial score (nSPS) is 15.3. The zero-order valence-electron chi connectivity index (χ0n) is 9.67. The molecule has 0 radical (unpaired) electrons. The molecule has 4 nitrogen and oxygen atoms in total. The molecule has 1 aliphatic heterocycles. The van der Waals surface area contributed by atoms with Gasteiger partial charge in [0.25, 0.3) is 5.91 Å². The molecule has 0 spiro atoms. The van der Waals surface area contributed by atoms with Gasteiger partial charge in [-0.05, 0) is 31.0 Å². The van der Waals surface area contributed by atoms with Crippen molar-refractivity contribution in [3.05, 3.63) is 29.0 Å². The van der Waals surface area contributed by atoms with Gasteiger partial charge < -0.3 is 10.6 Å². The van der Waals surface area contributed by atoms with Crippen LogP contribution in [-0.4, -0.2) is 24.8 Å². The quantitative estimate of drug-likeness (QED) is 0.865. The second kappa shape index (κ2) is 5.82. The summed E-state index contributed by atoms with van der Waals surface area (Å²) in [5.74, 6) is -0.535. The van der Waals surface area contributed by atoms with Crippen LogP contribution in [0.4, 0.5) is 10.1 Å². The maximum atomic E-state index is 13.0. The number of carbonyl (C=O) groups is 1. The molecule has 2 N–H and O–H groups in total. The topological polar surface area (TPSA) is 53.5 Å². The minimum atomic E-state index is -0.514. The van der Waals surface area contributed by atoms with Crippen LogP contribution in [0.25, 0.3) is 0 Å². The molecule has 0 aliphatic carbocycles. The first-order valence-electron chi connectivity index (χ1n) is 5.71. The number of nitrogens with zero attached hydrogens (tertiary/aromatic N) is 1. The van der Waals surface area contributed by atoms with Crippen molar-refractivity contribution in [2.45, 2.75) is 12.8 Å². The minimum Gasteiger partial charge on any atom is -0.366 e. The van der Waals surface area contributed by atoms with Crippen LogP contribution in [-0.2, 0) is 4.79 Å². The summed E-state index contributed by atoms with van der Waals surface area (Å²) in [4.78, 5) is 16.0. The van der Waals surface area contributed by atoms with Crippen molar-refractivity contribution in [3.63, 3.8) is 0 Å². The molecule has 1 aromatic carbocycles. The Bertz CT molecular complexity index is 490. The summed E-state index contributed by atoms with van der Waals surface area (Å²) in [6.45, 7) is 1.37. The zero-order valence-corrected chi connectivity index (χ0v) is 10.4. The SMILES string of the molecule is O=C(Nc1ccc(F)c(Cl)c1)C1=NCCCCN1. The molecular weight excluding hydrogens is 257 g/mol. The van der Waals surface area contributed by atoms with Gasteiger partial charge >= 0.3 is 0 Å². The summed E-state index contributed by atoms with van der Waals surface area (Å²) < 4.78 is 13.0. The molecule has 6 heteroatoms. The van der Waals surface area contributed by atoms with E-state index in [1.54, 1.807) is 0 Å². The lowest BCUT2D eigenvalue weighted by molar-refractivity contribution is -0.110. The summed E-state index contributed by atoms with van der Waals surface area (Å²) in [7, 11) is 0. The Morgan fingerprint density at radius 3 is 3.06 bits per heavy atom. The molecule has 0 bridgehead atoms. The highest BCUT2D eigenvalue weighted by atomic mass is 35.5. The molecule has 2 rings (SSSR count). The molecule has 0 atom stereocenters. The maximum absolute atomic E-state index is 13.0. The predicted octanol–water partition coefficient (Wildman–Crippen LogP) is 2.20. The van der Waals surface area contributed by atoms with Crippen LogP contribution in [0.3, 0.4) is 0 Å². The Morgan fingerprint density at radius 1 is 1.44 bits per heavy atom. The third-order valence-corrected chi connectivity index (χ3v) is 2.83. The van der Waals surface area contributed by atoms with E-state index in [9.17, 15) is 9.18 Å². The van der Waals surface area contributed by atoms with Gasteiger partial charge in [0.1, 0.15) is 5.82 Å². The molecular formula is C12H13ClFN3O. The van der Waals surface area contributed by atoms with E-state index in [1.807, 2.05) is 0 Å². The highest BCUT2D eigenvalue weighted by molar-refractivity contribution is 6.42. The number of rotatable bonds is 2. The van der Waals surface area contributed by atoms with Gasteiger partial charge in [-0.3, -0.25) is 9.79 Å². The number of hydrogen-bond acceptors (Lipinski definition) is 3. The molecule has 1 aromatic rings. The van der Waals surface area contributed by atoms with Crippen LogP contribution in [0.5, 0.6) is 0 Å². The van der Waals surface area contributed by atoms with Crippen molar-refractivity contribution in [2.75, 3.05) is 18.4 Å². The summed E-state index contributed by atoms with van der Waals surface area (Å²) in [5.41, 5.74) is 0.445. The number of carbonyl (C=O) groups excluding carboxylic acids is 1. The van der Waals surface area contributed by atoms with Gasteiger partial charge in [-0.15, -0.1) is 0 Å². The van der Waals surface area contributed by atoms with Gasteiger partial charge in [-0.2, -0.15) is 0 Å². The summed E-state index contributed by atoms with van der Waals surface area (Å²) in [5, 5.41) is 5.56. The fourth-order valence-electron chi connectivity index (χ4n) is 1.61. The van der Waals surface area contributed by atoms with E-state index < -0.39 is 5.82 Å². The fraction of sp³-hybridized carbons (Fsp3) is 0.333. The van der Waals surface area contributed by atoms with Crippen LogP contribution in [0, 0.1) is 5.82 Å². The lowest BCUT2D eigenvalue weighted by Crippen LogP contribution is -2.35. The highest BCUT2D eigenvalue weighted by Crippen LogP contribution is 2.19. The molecule has 1 heterocycles. The van der Waals surface area contributed by atoms with Gasteiger partial charge in [0.15, 0.2) is 5.84 Å². The van der Waals surface area contributed by atoms with Crippen molar-refractivity contribution in [2.24, 2.45) is 4.99 Å². The van der Waals surface area contributed by atoms with Crippen molar-refractivity contribution in [1.29, 1.82) is 0 Å². The summed E-state index contributed by atoms with van der Waals surface area (Å²) >= 11 is 5.64. The van der Waals surface area contributed by atoms with Crippen molar-refractivity contribution in [1.82, 2.24) is 5.32 Å². The van der Waals surface area contributed by atoms with Gasteiger partial charge in [0.05, 0.1) is 5.02 Å². The monoisotopic (exact) mass is 269 g/mol. The molecule has 96 valence electrons. The van der Waals surface area contributed by atoms with E-state index in [2.05, 4.69) is 15.6 Å². The number of anilines is 1.